The normalized spacial score (nSPS) is 14.8. The molecule has 0 spiro atoms. The predicted octanol–water partition coefficient (Wildman–Crippen LogP) is 3.80. The molecule has 1 amide bonds. The first-order valence-electron chi connectivity index (χ1n) is 8.95. The maximum absolute atomic E-state index is 12.2. The first-order chi connectivity index (χ1) is 12.7. The second-order valence-electron chi connectivity index (χ2n) is 6.53. The van der Waals surface area contributed by atoms with Gasteiger partial charge in [-0.15, -0.1) is 0 Å². The van der Waals surface area contributed by atoms with E-state index < -0.39 is 5.91 Å². The number of carbonyl (C=O) groups excluding carboxylic acids is 1. The Morgan fingerprint density at radius 2 is 2.12 bits per heavy atom. The summed E-state index contributed by atoms with van der Waals surface area (Å²) in [4.78, 5) is 14.6. The molecular weight excluding hydrogens is 326 g/mol. The molecule has 0 radical (unpaired) electrons. The second kappa shape index (κ2) is 8.39. The molecule has 1 aliphatic rings. The number of anilines is 1. The summed E-state index contributed by atoms with van der Waals surface area (Å²) in [6, 6.07) is 11.6. The number of benzene rings is 1. The van der Waals surface area contributed by atoms with Crippen LogP contribution in [-0.2, 0) is 11.3 Å². The van der Waals surface area contributed by atoms with Crippen LogP contribution in [0.3, 0.4) is 0 Å². The van der Waals surface area contributed by atoms with Crippen LogP contribution in [-0.4, -0.2) is 19.0 Å². The Kier molecular flexibility index (Phi) is 5.75. The van der Waals surface area contributed by atoms with Crippen LogP contribution in [0.1, 0.15) is 36.1 Å². The Balaban J connectivity index is 1.71. The van der Waals surface area contributed by atoms with Crippen molar-refractivity contribution in [1.82, 2.24) is 5.32 Å². The Hall–Kier alpha value is -3.00. The van der Waals surface area contributed by atoms with Gasteiger partial charge in [0.1, 0.15) is 17.4 Å². The van der Waals surface area contributed by atoms with Gasteiger partial charge in [-0.3, -0.25) is 4.79 Å². The summed E-state index contributed by atoms with van der Waals surface area (Å²) < 4.78 is 5.18. The van der Waals surface area contributed by atoms with Crippen molar-refractivity contribution in [2.24, 2.45) is 0 Å². The van der Waals surface area contributed by atoms with E-state index in [9.17, 15) is 10.1 Å². The molecular formula is C21H23N3O2. The molecule has 5 nitrogen and oxygen atoms in total. The number of carbonyl (C=O) groups is 1. The summed E-state index contributed by atoms with van der Waals surface area (Å²) >= 11 is 0. The zero-order valence-corrected chi connectivity index (χ0v) is 15.0. The van der Waals surface area contributed by atoms with E-state index in [4.69, 9.17) is 4.42 Å². The van der Waals surface area contributed by atoms with Crippen molar-refractivity contribution in [3.05, 3.63) is 59.1 Å². The third-order valence-electron chi connectivity index (χ3n) is 4.60. The van der Waals surface area contributed by atoms with Gasteiger partial charge in [0, 0.05) is 18.8 Å². The first-order valence-corrected chi connectivity index (χ1v) is 8.95. The number of aryl methyl sites for hydroxylation is 1. The molecule has 0 atom stereocenters. The standard InChI is InChI=1S/C21H23N3O2/c1-16-12-17(7-8-20(16)24-9-3-2-4-10-24)13-18(14-22)21(25)23-15-19-6-5-11-26-19/h5-8,11-13H,2-4,9-10,15H2,1H3,(H,23,25)/b18-13+. The van der Waals surface area contributed by atoms with E-state index in [2.05, 4.69) is 23.2 Å². The number of rotatable bonds is 5. The van der Waals surface area contributed by atoms with Crippen LogP contribution in [0, 0.1) is 18.3 Å². The summed E-state index contributed by atoms with van der Waals surface area (Å²) in [5.74, 6) is 0.249. The molecule has 0 saturated carbocycles. The highest BCUT2D eigenvalue weighted by Crippen LogP contribution is 2.25. The number of hydrogen-bond acceptors (Lipinski definition) is 4. The molecule has 26 heavy (non-hydrogen) atoms. The first kappa shape index (κ1) is 17.8. The van der Waals surface area contributed by atoms with Gasteiger partial charge in [-0.2, -0.15) is 5.26 Å². The van der Waals surface area contributed by atoms with E-state index in [0.29, 0.717) is 5.76 Å². The number of piperidine rings is 1. The van der Waals surface area contributed by atoms with Crippen LogP contribution < -0.4 is 10.2 Å². The SMILES string of the molecule is Cc1cc(/C=C(\C#N)C(=O)NCc2ccco2)ccc1N1CCCCC1. The zero-order chi connectivity index (χ0) is 18.4. The van der Waals surface area contributed by atoms with E-state index in [1.807, 2.05) is 18.2 Å². The minimum Gasteiger partial charge on any atom is -0.467 e. The summed E-state index contributed by atoms with van der Waals surface area (Å²) in [5, 5.41) is 12.0. The van der Waals surface area contributed by atoms with Crippen LogP contribution in [0.25, 0.3) is 6.08 Å². The number of nitriles is 1. The lowest BCUT2D eigenvalue weighted by Gasteiger charge is -2.30. The lowest BCUT2D eigenvalue weighted by Crippen LogP contribution is -2.29. The Morgan fingerprint density at radius 3 is 2.77 bits per heavy atom. The van der Waals surface area contributed by atoms with Crippen LogP contribution in [0.15, 0.2) is 46.6 Å². The van der Waals surface area contributed by atoms with Crippen LogP contribution in [0.2, 0.25) is 0 Å². The third-order valence-corrected chi connectivity index (χ3v) is 4.60. The molecule has 1 N–H and O–H groups in total. The molecule has 5 heteroatoms. The van der Waals surface area contributed by atoms with Crippen molar-refractivity contribution >= 4 is 17.7 Å². The third kappa shape index (κ3) is 4.34. The molecule has 0 unspecified atom stereocenters. The average Bonchev–Trinajstić information content (AvgIpc) is 3.18. The largest absolute Gasteiger partial charge is 0.467 e. The molecule has 2 aromatic rings. The van der Waals surface area contributed by atoms with Crippen molar-refractivity contribution in [3.63, 3.8) is 0 Å². The van der Waals surface area contributed by atoms with Gasteiger partial charge in [-0.25, -0.2) is 0 Å². The van der Waals surface area contributed by atoms with E-state index in [1.54, 1.807) is 24.5 Å². The van der Waals surface area contributed by atoms with Gasteiger partial charge in [0.2, 0.25) is 0 Å². The summed E-state index contributed by atoms with van der Waals surface area (Å²) in [6.07, 6.45) is 6.94. The monoisotopic (exact) mass is 349 g/mol. The van der Waals surface area contributed by atoms with Crippen LogP contribution >= 0.6 is 0 Å². The number of amides is 1. The van der Waals surface area contributed by atoms with Gasteiger partial charge >= 0.3 is 0 Å². The molecule has 2 heterocycles. The zero-order valence-electron chi connectivity index (χ0n) is 15.0. The highest BCUT2D eigenvalue weighted by molar-refractivity contribution is 6.01. The predicted molar refractivity (Wildman–Crippen MR) is 101 cm³/mol. The molecule has 1 aromatic heterocycles. The van der Waals surface area contributed by atoms with Crippen molar-refractivity contribution in [2.75, 3.05) is 18.0 Å². The fraction of sp³-hybridized carbons (Fsp3) is 0.333. The number of hydrogen-bond donors (Lipinski definition) is 1. The van der Waals surface area contributed by atoms with E-state index in [-0.39, 0.29) is 12.1 Å². The molecule has 0 aliphatic carbocycles. The molecule has 1 aromatic carbocycles. The number of nitrogens with one attached hydrogen (secondary N) is 1. The van der Waals surface area contributed by atoms with Crippen molar-refractivity contribution in [2.45, 2.75) is 32.7 Å². The van der Waals surface area contributed by atoms with Crippen LogP contribution in [0.5, 0.6) is 0 Å². The van der Waals surface area contributed by atoms with Gasteiger partial charge in [-0.05, 0) is 67.7 Å². The maximum atomic E-state index is 12.2. The smallest absolute Gasteiger partial charge is 0.262 e. The second-order valence-corrected chi connectivity index (χ2v) is 6.53. The Bertz CT molecular complexity index is 825. The Morgan fingerprint density at radius 1 is 1.31 bits per heavy atom. The topological polar surface area (TPSA) is 69.3 Å². The lowest BCUT2D eigenvalue weighted by atomic mass is 10.0. The van der Waals surface area contributed by atoms with Gasteiger partial charge < -0.3 is 14.6 Å². The van der Waals surface area contributed by atoms with E-state index in [1.165, 1.54) is 24.9 Å². The fourth-order valence-corrected chi connectivity index (χ4v) is 3.25. The average molecular weight is 349 g/mol. The molecule has 134 valence electrons. The maximum Gasteiger partial charge on any atom is 0.262 e. The molecule has 1 fully saturated rings. The summed E-state index contributed by atoms with van der Waals surface area (Å²) in [7, 11) is 0. The fourth-order valence-electron chi connectivity index (χ4n) is 3.25. The van der Waals surface area contributed by atoms with Gasteiger partial charge in [0.05, 0.1) is 12.8 Å². The van der Waals surface area contributed by atoms with Crippen molar-refractivity contribution < 1.29 is 9.21 Å². The van der Waals surface area contributed by atoms with Crippen molar-refractivity contribution in [3.8, 4) is 6.07 Å². The van der Waals surface area contributed by atoms with Crippen molar-refractivity contribution in [1.29, 1.82) is 5.26 Å². The van der Waals surface area contributed by atoms with E-state index in [0.717, 1.165) is 24.2 Å². The number of nitrogens with zero attached hydrogens (tertiary/aromatic N) is 2. The lowest BCUT2D eigenvalue weighted by molar-refractivity contribution is -0.117. The molecule has 0 bridgehead atoms. The summed E-state index contributed by atoms with van der Waals surface area (Å²) in [5.41, 5.74) is 3.34. The van der Waals surface area contributed by atoms with Gasteiger partial charge in [0.15, 0.2) is 0 Å². The minimum absolute atomic E-state index is 0.0849. The van der Waals surface area contributed by atoms with E-state index >= 15 is 0 Å². The molecule has 3 rings (SSSR count). The highest BCUT2D eigenvalue weighted by atomic mass is 16.3. The van der Waals surface area contributed by atoms with Gasteiger partial charge in [-0.1, -0.05) is 6.07 Å². The molecule has 1 saturated heterocycles. The quantitative estimate of drug-likeness (QED) is 0.658. The summed E-state index contributed by atoms with van der Waals surface area (Å²) in [6.45, 7) is 4.52. The highest BCUT2D eigenvalue weighted by Gasteiger charge is 2.14. The number of furan rings is 1. The molecule has 1 aliphatic heterocycles. The Labute approximate surface area is 153 Å². The van der Waals surface area contributed by atoms with Crippen LogP contribution in [0.4, 0.5) is 5.69 Å². The van der Waals surface area contributed by atoms with Gasteiger partial charge in [0.25, 0.3) is 5.91 Å². The minimum atomic E-state index is -0.401.